The zero-order chi connectivity index (χ0) is 12.7. The van der Waals surface area contributed by atoms with E-state index in [-0.39, 0.29) is 5.78 Å². The molecule has 0 amide bonds. The average Bonchev–Trinajstić information content (AvgIpc) is 2.94. The van der Waals surface area contributed by atoms with Gasteiger partial charge >= 0.3 is 0 Å². The fourth-order valence-electron chi connectivity index (χ4n) is 1.85. The molecule has 0 spiro atoms. The molecule has 90 valence electrons. The highest BCUT2D eigenvalue weighted by Gasteiger charge is 2.16. The van der Waals surface area contributed by atoms with Crippen LogP contribution in [0.25, 0.3) is 10.9 Å². The quantitative estimate of drug-likeness (QED) is 0.663. The van der Waals surface area contributed by atoms with Crippen molar-refractivity contribution < 1.29 is 4.79 Å². The second-order valence-electron chi connectivity index (χ2n) is 3.83. The minimum absolute atomic E-state index is 0.0132. The fraction of sp³-hybridized carbons (Fsp3) is 0. The van der Waals surface area contributed by atoms with Gasteiger partial charge in [-0.2, -0.15) is 0 Å². The van der Waals surface area contributed by atoms with E-state index in [9.17, 15) is 4.79 Å². The number of aromatic amines is 1. The lowest BCUT2D eigenvalue weighted by Crippen LogP contribution is -1.96. The standard InChI is InChI=1S/C13H7BrClNOS/c14-12-4-3-11(18-12)13(17)9-6-16-10-2-1-7(15)5-8(9)10/h1-6,16H. The molecule has 0 bridgehead atoms. The Bertz CT molecular complexity index is 746. The van der Waals surface area contributed by atoms with Crippen LogP contribution < -0.4 is 0 Å². The van der Waals surface area contributed by atoms with Crippen molar-refractivity contribution in [2.45, 2.75) is 0 Å². The Hall–Kier alpha value is -1.10. The van der Waals surface area contributed by atoms with Gasteiger partial charge in [0, 0.05) is 27.7 Å². The van der Waals surface area contributed by atoms with Crippen LogP contribution >= 0.6 is 38.9 Å². The Labute approximate surface area is 121 Å². The molecule has 0 saturated heterocycles. The van der Waals surface area contributed by atoms with Crippen LogP contribution in [0.5, 0.6) is 0 Å². The van der Waals surface area contributed by atoms with Gasteiger partial charge < -0.3 is 4.98 Å². The Kier molecular flexibility index (Phi) is 3.01. The van der Waals surface area contributed by atoms with Gasteiger partial charge in [-0.1, -0.05) is 11.6 Å². The highest BCUT2D eigenvalue weighted by Crippen LogP contribution is 2.28. The number of carbonyl (C=O) groups is 1. The van der Waals surface area contributed by atoms with Gasteiger partial charge in [0.15, 0.2) is 0 Å². The molecule has 0 aliphatic carbocycles. The highest BCUT2D eigenvalue weighted by molar-refractivity contribution is 9.11. The van der Waals surface area contributed by atoms with Crippen molar-refractivity contribution in [1.82, 2.24) is 4.98 Å². The number of hydrogen-bond donors (Lipinski definition) is 1. The van der Waals surface area contributed by atoms with Crippen molar-refractivity contribution in [2.24, 2.45) is 0 Å². The van der Waals surface area contributed by atoms with Gasteiger partial charge in [-0.25, -0.2) is 0 Å². The first-order valence-corrected chi connectivity index (χ1v) is 7.20. The molecule has 3 rings (SSSR count). The van der Waals surface area contributed by atoms with Crippen molar-refractivity contribution in [3.05, 3.63) is 55.8 Å². The lowest BCUT2D eigenvalue weighted by atomic mass is 10.1. The van der Waals surface area contributed by atoms with E-state index in [1.807, 2.05) is 24.3 Å². The molecule has 2 nitrogen and oxygen atoms in total. The third-order valence-electron chi connectivity index (χ3n) is 2.69. The fourth-order valence-corrected chi connectivity index (χ4v) is 3.36. The summed E-state index contributed by atoms with van der Waals surface area (Å²) in [6, 6.07) is 9.18. The number of ketones is 1. The predicted octanol–water partition coefficient (Wildman–Crippen LogP) is 4.88. The summed E-state index contributed by atoms with van der Waals surface area (Å²) in [4.78, 5) is 16.2. The highest BCUT2D eigenvalue weighted by atomic mass is 79.9. The third kappa shape index (κ3) is 2.00. The van der Waals surface area contributed by atoms with Crippen molar-refractivity contribution in [3.63, 3.8) is 0 Å². The summed E-state index contributed by atoms with van der Waals surface area (Å²) in [5.41, 5.74) is 1.57. The lowest BCUT2D eigenvalue weighted by Gasteiger charge is -1.96. The molecule has 0 atom stereocenters. The van der Waals surface area contributed by atoms with Gasteiger partial charge in [-0.05, 0) is 46.3 Å². The molecule has 5 heteroatoms. The van der Waals surface area contributed by atoms with Crippen LogP contribution in [0.2, 0.25) is 5.02 Å². The second-order valence-corrected chi connectivity index (χ2v) is 6.72. The zero-order valence-electron chi connectivity index (χ0n) is 9.04. The maximum atomic E-state index is 12.4. The minimum atomic E-state index is 0.0132. The van der Waals surface area contributed by atoms with Crippen LogP contribution in [0.4, 0.5) is 0 Å². The van der Waals surface area contributed by atoms with Crippen LogP contribution in [-0.2, 0) is 0 Å². The van der Waals surface area contributed by atoms with Gasteiger partial charge in [0.25, 0.3) is 0 Å². The molecule has 0 aliphatic rings. The largest absolute Gasteiger partial charge is 0.360 e. The average molecular weight is 341 g/mol. The Morgan fingerprint density at radius 1 is 1.28 bits per heavy atom. The Morgan fingerprint density at radius 3 is 2.83 bits per heavy atom. The summed E-state index contributed by atoms with van der Waals surface area (Å²) in [6.45, 7) is 0. The van der Waals surface area contributed by atoms with Crippen LogP contribution in [0.1, 0.15) is 15.2 Å². The molecule has 1 N–H and O–H groups in total. The minimum Gasteiger partial charge on any atom is -0.360 e. The van der Waals surface area contributed by atoms with Crippen molar-refractivity contribution in [1.29, 1.82) is 0 Å². The zero-order valence-corrected chi connectivity index (χ0v) is 12.2. The summed E-state index contributed by atoms with van der Waals surface area (Å²) >= 11 is 10.8. The van der Waals surface area contributed by atoms with E-state index < -0.39 is 0 Å². The van der Waals surface area contributed by atoms with Gasteiger partial charge in [0.1, 0.15) is 0 Å². The van der Waals surface area contributed by atoms with E-state index in [0.717, 1.165) is 14.7 Å². The number of rotatable bonds is 2. The monoisotopic (exact) mass is 339 g/mol. The topological polar surface area (TPSA) is 32.9 Å². The summed E-state index contributed by atoms with van der Waals surface area (Å²) in [7, 11) is 0. The van der Waals surface area contributed by atoms with Gasteiger partial charge in [0.05, 0.1) is 8.66 Å². The number of aromatic nitrogens is 1. The SMILES string of the molecule is O=C(c1ccc(Br)s1)c1c[nH]c2ccc(Cl)cc12. The molecule has 18 heavy (non-hydrogen) atoms. The first-order chi connectivity index (χ1) is 8.65. The van der Waals surface area contributed by atoms with Crippen molar-refractivity contribution >= 4 is 55.6 Å². The molecule has 0 unspecified atom stereocenters. The van der Waals surface area contributed by atoms with Crippen molar-refractivity contribution in [2.75, 3.05) is 0 Å². The normalized spacial score (nSPS) is 11.0. The second kappa shape index (κ2) is 4.53. The Balaban J connectivity index is 2.14. The summed E-state index contributed by atoms with van der Waals surface area (Å²) in [6.07, 6.45) is 1.73. The van der Waals surface area contributed by atoms with Crippen molar-refractivity contribution in [3.8, 4) is 0 Å². The summed E-state index contributed by atoms with van der Waals surface area (Å²) in [5.74, 6) is 0.0132. The van der Waals surface area contributed by atoms with E-state index in [1.54, 1.807) is 12.3 Å². The van der Waals surface area contributed by atoms with Gasteiger partial charge in [-0.3, -0.25) is 4.79 Å². The van der Waals surface area contributed by atoms with Gasteiger partial charge in [-0.15, -0.1) is 11.3 Å². The van der Waals surface area contributed by atoms with Crippen LogP contribution in [0.15, 0.2) is 40.3 Å². The van der Waals surface area contributed by atoms with Crippen LogP contribution in [-0.4, -0.2) is 10.8 Å². The van der Waals surface area contributed by atoms with E-state index in [4.69, 9.17) is 11.6 Å². The molecule has 2 heterocycles. The molecule has 3 aromatic rings. The van der Waals surface area contributed by atoms with Crippen LogP contribution in [0, 0.1) is 0 Å². The number of benzene rings is 1. The van der Waals surface area contributed by atoms with Gasteiger partial charge in [0.2, 0.25) is 5.78 Å². The predicted molar refractivity (Wildman–Crippen MR) is 78.8 cm³/mol. The first-order valence-electron chi connectivity index (χ1n) is 5.22. The maximum Gasteiger partial charge on any atom is 0.205 e. The number of halogens is 2. The molecular weight excluding hydrogens is 334 g/mol. The smallest absolute Gasteiger partial charge is 0.205 e. The van der Waals surface area contributed by atoms with Crippen LogP contribution in [0.3, 0.4) is 0 Å². The molecule has 0 aliphatic heterocycles. The molecule has 0 fully saturated rings. The van der Waals surface area contributed by atoms with E-state index >= 15 is 0 Å². The number of H-pyrrole nitrogens is 1. The Morgan fingerprint density at radius 2 is 2.11 bits per heavy atom. The summed E-state index contributed by atoms with van der Waals surface area (Å²) < 4.78 is 0.948. The number of carbonyl (C=O) groups excluding carboxylic acids is 1. The molecule has 1 aromatic carbocycles. The maximum absolute atomic E-state index is 12.4. The van der Waals surface area contributed by atoms with E-state index in [1.165, 1.54) is 11.3 Å². The number of thiophene rings is 1. The number of fused-ring (bicyclic) bond motifs is 1. The first kappa shape index (κ1) is 12.0. The molecule has 0 saturated carbocycles. The van der Waals surface area contributed by atoms with E-state index in [0.29, 0.717) is 15.5 Å². The molecule has 0 radical (unpaired) electrons. The number of hydrogen-bond acceptors (Lipinski definition) is 2. The van der Waals surface area contributed by atoms with E-state index in [2.05, 4.69) is 20.9 Å². The summed E-state index contributed by atoms with van der Waals surface area (Å²) in [5, 5.41) is 1.49. The molecular formula is C13H7BrClNOS. The lowest BCUT2D eigenvalue weighted by molar-refractivity contribution is 0.104. The number of nitrogens with one attached hydrogen (secondary N) is 1. The third-order valence-corrected chi connectivity index (χ3v) is 4.54. The molecule has 2 aromatic heterocycles.